The van der Waals surface area contributed by atoms with Crippen molar-refractivity contribution in [3.8, 4) is 0 Å². The molecule has 58 valence electrons. The van der Waals surface area contributed by atoms with E-state index in [0.717, 1.165) is 18.7 Å². The van der Waals surface area contributed by atoms with E-state index < -0.39 is 0 Å². The topological polar surface area (TPSA) is 15.6 Å². The molecule has 0 amide bonds. The number of hydrazone groups is 1. The minimum absolute atomic E-state index is 0.817. The van der Waals surface area contributed by atoms with Crippen LogP contribution in [0.15, 0.2) is 17.8 Å². The van der Waals surface area contributed by atoms with Crippen molar-refractivity contribution in [2.24, 2.45) is 5.10 Å². The van der Waals surface area contributed by atoms with E-state index >= 15 is 0 Å². The van der Waals surface area contributed by atoms with Crippen LogP contribution in [0.1, 0.15) is 20.3 Å². The molecule has 0 heterocycles. The van der Waals surface area contributed by atoms with Crippen LogP contribution in [0.4, 0.5) is 0 Å². The van der Waals surface area contributed by atoms with E-state index in [2.05, 4.69) is 18.6 Å². The van der Waals surface area contributed by atoms with E-state index in [1.807, 2.05) is 25.1 Å². The van der Waals surface area contributed by atoms with Crippen molar-refractivity contribution >= 4 is 5.71 Å². The van der Waals surface area contributed by atoms with Crippen LogP contribution >= 0.6 is 0 Å². The van der Waals surface area contributed by atoms with Gasteiger partial charge in [-0.15, -0.1) is 6.58 Å². The molecule has 0 rings (SSSR count). The summed E-state index contributed by atoms with van der Waals surface area (Å²) in [5, 5.41) is 6.14. The van der Waals surface area contributed by atoms with Crippen molar-refractivity contribution in [1.29, 1.82) is 0 Å². The van der Waals surface area contributed by atoms with Gasteiger partial charge in [0.05, 0.1) is 6.54 Å². The number of hydrogen-bond acceptors (Lipinski definition) is 2. The number of hydrogen-bond donors (Lipinski definition) is 0. The second kappa shape index (κ2) is 5.03. The van der Waals surface area contributed by atoms with Gasteiger partial charge < -0.3 is 0 Å². The molecule has 0 spiro atoms. The van der Waals surface area contributed by atoms with E-state index in [9.17, 15) is 0 Å². The summed E-state index contributed by atoms with van der Waals surface area (Å²) in [5.74, 6) is 0. The lowest BCUT2D eigenvalue weighted by molar-refractivity contribution is 0.394. The molecule has 0 aromatic rings. The highest BCUT2D eigenvalue weighted by molar-refractivity contribution is 5.81. The Labute approximate surface area is 63.2 Å². The number of likely N-dealkylation sites (N-methyl/N-ethyl adjacent to an activating group) is 1. The summed E-state index contributed by atoms with van der Waals surface area (Å²) in [4.78, 5) is 0. The van der Waals surface area contributed by atoms with Crippen molar-refractivity contribution in [3.63, 3.8) is 0 Å². The van der Waals surface area contributed by atoms with Gasteiger partial charge in [0.15, 0.2) is 0 Å². The number of rotatable bonds is 4. The normalized spacial score (nSPS) is 11.3. The third-order valence-corrected chi connectivity index (χ3v) is 1.25. The van der Waals surface area contributed by atoms with Gasteiger partial charge in [-0.25, -0.2) is 0 Å². The van der Waals surface area contributed by atoms with Gasteiger partial charge in [0.1, 0.15) is 0 Å². The monoisotopic (exact) mass is 140 g/mol. The van der Waals surface area contributed by atoms with Crippen molar-refractivity contribution in [3.05, 3.63) is 12.7 Å². The molecule has 0 radical (unpaired) electrons. The lowest BCUT2D eigenvalue weighted by Gasteiger charge is -2.10. The van der Waals surface area contributed by atoms with Crippen LogP contribution in [0.5, 0.6) is 0 Å². The SMILES string of the molecule is C=CCN(C)/N=C(/C)CC. The highest BCUT2D eigenvalue weighted by Gasteiger charge is 1.88. The van der Waals surface area contributed by atoms with E-state index in [4.69, 9.17) is 0 Å². The quantitative estimate of drug-likeness (QED) is 0.331. The molecule has 10 heavy (non-hydrogen) atoms. The van der Waals surface area contributed by atoms with Gasteiger partial charge >= 0.3 is 0 Å². The predicted octanol–water partition coefficient (Wildman–Crippen LogP) is 1.89. The summed E-state index contributed by atoms with van der Waals surface area (Å²) in [5.41, 5.74) is 1.16. The minimum Gasteiger partial charge on any atom is -0.296 e. The van der Waals surface area contributed by atoms with E-state index in [0.29, 0.717) is 0 Å². The zero-order chi connectivity index (χ0) is 7.98. The van der Waals surface area contributed by atoms with Gasteiger partial charge in [0, 0.05) is 12.8 Å². The van der Waals surface area contributed by atoms with Gasteiger partial charge in [-0.1, -0.05) is 13.0 Å². The van der Waals surface area contributed by atoms with Gasteiger partial charge in [-0.2, -0.15) is 5.10 Å². The maximum absolute atomic E-state index is 4.26. The second-order valence-corrected chi connectivity index (χ2v) is 2.32. The average Bonchev–Trinajstić information content (AvgIpc) is 1.88. The maximum atomic E-state index is 4.26. The Balaban J connectivity index is 3.73. The summed E-state index contributed by atoms with van der Waals surface area (Å²) >= 11 is 0. The van der Waals surface area contributed by atoms with Crippen LogP contribution < -0.4 is 0 Å². The molecule has 0 aromatic carbocycles. The standard InChI is InChI=1S/C8H16N2/c1-5-7-10(4)9-8(3)6-2/h5H,1,6-7H2,2-4H3/b9-8-. The smallest absolute Gasteiger partial charge is 0.0535 e. The molecule has 2 nitrogen and oxygen atoms in total. The Morgan fingerprint density at radius 2 is 2.30 bits per heavy atom. The van der Waals surface area contributed by atoms with Crippen LogP contribution in [0.25, 0.3) is 0 Å². The average molecular weight is 140 g/mol. The summed E-state index contributed by atoms with van der Waals surface area (Å²) in [6.07, 6.45) is 2.86. The first-order valence-electron chi connectivity index (χ1n) is 3.56. The molecular formula is C8H16N2. The Morgan fingerprint density at radius 3 is 2.70 bits per heavy atom. The summed E-state index contributed by atoms with van der Waals surface area (Å²) in [6, 6.07) is 0. The molecule has 0 N–H and O–H groups in total. The van der Waals surface area contributed by atoms with Crippen LogP contribution in [0, 0.1) is 0 Å². The predicted molar refractivity (Wildman–Crippen MR) is 46.2 cm³/mol. The molecule has 2 heteroatoms. The second-order valence-electron chi connectivity index (χ2n) is 2.32. The summed E-state index contributed by atoms with van der Waals surface area (Å²) < 4.78 is 0. The zero-order valence-corrected chi connectivity index (χ0v) is 7.09. The Hall–Kier alpha value is -0.790. The Kier molecular flexibility index (Phi) is 4.63. The summed E-state index contributed by atoms with van der Waals surface area (Å²) in [6.45, 7) is 8.56. The first kappa shape index (κ1) is 9.21. The van der Waals surface area contributed by atoms with Gasteiger partial charge in [0.25, 0.3) is 0 Å². The van der Waals surface area contributed by atoms with Crippen molar-refractivity contribution in [2.75, 3.05) is 13.6 Å². The maximum Gasteiger partial charge on any atom is 0.0535 e. The van der Waals surface area contributed by atoms with Crippen molar-refractivity contribution in [2.45, 2.75) is 20.3 Å². The van der Waals surface area contributed by atoms with Crippen LogP contribution in [0.2, 0.25) is 0 Å². The third-order valence-electron chi connectivity index (χ3n) is 1.25. The molecule has 0 aliphatic rings. The first-order chi connectivity index (χ1) is 4.70. The lowest BCUT2D eigenvalue weighted by atomic mass is 10.3. The molecule has 0 fully saturated rings. The van der Waals surface area contributed by atoms with Gasteiger partial charge in [-0.3, -0.25) is 5.01 Å². The Bertz CT molecular complexity index is 127. The van der Waals surface area contributed by atoms with E-state index in [1.54, 1.807) is 0 Å². The fourth-order valence-corrected chi connectivity index (χ4v) is 0.590. The highest BCUT2D eigenvalue weighted by atomic mass is 15.4. The van der Waals surface area contributed by atoms with Crippen molar-refractivity contribution < 1.29 is 0 Å². The van der Waals surface area contributed by atoms with E-state index in [-0.39, 0.29) is 0 Å². The molecule has 0 unspecified atom stereocenters. The highest BCUT2D eigenvalue weighted by Crippen LogP contribution is 1.89. The lowest BCUT2D eigenvalue weighted by Crippen LogP contribution is -2.12. The Morgan fingerprint density at radius 1 is 1.70 bits per heavy atom. The molecule has 0 aliphatic carbocycles. The van der Waals surface area contributed by atoms with Crippen molar-refractivity contribution in [1.82, 2.24) is 5.01 Å². The van der Waals surface area contributed by atoms with Gasteiger partial charge in [0.2, 0.25) is 0 Å². The molecule has 0 bridgehead atoms. The van der Waals surface area contributed by atoms with Crippen LogP contribution in [-0.2, 0) is 0 Å². The van der Waals surface area contributed by atoms with E-state index in [1.165, 1.54) is 0 Å². The fraction of sp³-hybridized carbons (Fsp3) is 0.625. The largest absolute Gasteiger partial charge is 0.296 e. The molecule has 0 aromatic heterocycles. The molecule has 0 saturated heterocycles. The van der Waals surface area contributed by atoms with Gasteiger partial charge in [-0.05, 0) is 13.3 Å². The summed E-state index contributed by atoms with van der Waals surface area (Å²) in [7, 11) is 1.95. The van der Waals surface area contributed by atoms with Crippen LogP contribution in [-0.4, -0.2) is 24.3 Å². The molecule has 0 atom stereocenters. The fourth-order valence-electron chi connectivity index (χ4n) is 0.590. The first-order valence-corrected chi connectivity index (χ1v) is 3.56. The zero-order valence-electron chi connectivity index (χ0n) is 7.09. The number of nitrogens with zero attached hydrogens (tertiary/aromatic N) is 2. The minimum atomic E-state index is 0.817. The van der Waals surface area contributed by atoms with Crippen LogP contribution in [0.3, 0.4) is 0 Å². The third kappa shape index (κ3) is 4.13. The molecule has 0 aliphatic heterocycles. The molecule has 0 saturated carbocycles. The molecular weight excluding hydrogens is 124 g/mol.